The highest BCUT2D eigenvalue weighted by Crippen LogP contribution is 2.30. The van der Waals surface area contributed by atoms with E-state index in [0.717, 1.165) is 12.8 Å². The van der Waals surface area contributed by atoms with Crippen LogP contribution in [0.5, 0.6) is 0 Å². The molecular weight excluding hydrogens is 244 g/mol. The fourth-order valence-corrected chi connectivity index (χ4v) is 2.67. The van der Waals surface area contributed by atoms with Crippen LogP contribution in [0.4, 0.5) is 0 Å². The molecule has 0 amide bonds. The largest absolute Gasteiger partial charge is 0.327 e. The van der Waals surface area contributed by atoms with Crippen LogP contribution < -0.4 is 22.1 Å². The zero-order valence-electron chi connectivity index (χ0n) is 11.8. The molecule has 19 heavy (non-hydrogen) atoms. The number of hydrogen-bond donors (Lipinski definition) is 2. The summed E-state index contributed by atoms with van der Waals surface area (Å²) in [5.41, 5.74) is -1.29. The van der Waals surface area contributed by atoms with E-state index in [0.29, 0.717) is 17.3 Å². The number of aromatic nitrogens is 2. The quantitative estimate of drug-likeness (QED) is 0.807. The lowest BCUT2D eigenvalue weighted by Crippen LogP contribution is -2.46. The summed E-state index contributed by atoms with van der Waals surface area (Å²) in [7, 11) is 0. The first-order chi connectivity index (χ1) is 8.81. The molecule has 6 heteroatoms. The Bertz CT molecular complexity index is 687. The van der Waals surface area contributed by atoms with Gasteiger partial charge >= 0.3 is 5.69 Å². The van der Waals surface area contributed by atoms with E-state index in [1.165, 1.54) is 0 Å². The predicted octanol–water partition coefficient (Wildman–Crippen LogP) is 0.105. The first-order valence-corrected chi connectivity index (χ1v) is 6.64. The molecule has 1 aliphatic rings. The van der Waals surface area contributed by atoms with Crippen LogP contribution in [-0.4, -0.2) is 15.6 Å². The SMILES string of the molecule is CC(C)CC1(CC(C)C)N=c2[nH]c(=O)[nH]c(=O)c2=N1. The van der Waals surface area contributed by atoms with Gasteiger partial charge in [0.15, 0.2) is 16.5 Å². The van der Waals surface area contributed by atoms with Crippen LogP contribution in [0.25, 0.3) is 0 Å². The summed E-state index contributed by atoms with van der Waals surface area (Å²) >= 11 is 0. The van der Waals surface area contributed by atoms with Gasteiger partial charge in [-0.15, -0.1) is 0 Å². The van der Waals surface area contributed by atoms with Gasteiger partial charge in [-0.1, -0.05) is 27.7 Å². The molecule has 1 aliphatic heterocycles. The number of nitrogens with one attached hydrogen (secondary N) is 2. The third-order valence-corrected chi connectivity index (χ3v) is 3.01. The number of fused-ring (bicyclic) bond motifs is 1. The van der Waals surface area contributed by atoms with Crippen LogP contribution in [0.3, 0.4) is 0 Å². The minimum atomic E-state index is -0.609. The van der Waals surface area contributed by atoms with Crippen molar-refractivity contribution in [1.29, 1.82) is 0 Å². The topological polar surface area (TPSA) is 90.4 Å². The van der Waals surface area contributed by atoms with E-state index in [4.69, 9.17) is 0 Å². The van der Waals surface area contributed by atoms with E-state index in [9.17, 15) is 9.59 Å². The van der Waals surface area contributed by atoms with E-state index in [-0.39, 0.29) is 5.36 Å². The molecule has 0 bridgehead atoms. The van der Waals surface area contributed by atoms with Crippen LogP contribution in [0.2, 0.25) is 0 Å². The monoisotopic (exact) mass is 264 g/mol. The average Bonchev–Trinajstić information content (AvgIpc) is 2.53. The maximum Gasteiger partial charge on any atom is 0.327 e. The van der Waals surface area contributed by atoms with Gasteiger partial charge in [0.1, 0.15) is 0 Å². The van der Waals surface area contributed by atoms with Crippen molar-refractivity contribution in [2.75, 3.05) is 0 Å². The van der Waals surface area contributed by atoms with Crippen molar-refractivity contribution >= 4 is 0 Å². The van der Waals surface area contributed by atoms with Crippen molar-refractivity contribution in [2.45, 2.75) is 46.2 Å². The van der Waals surface area contributed by atoms with Gasteiger partial charge in [0.2, 0.25) is 0 Å². The second-order valence-corrected chi connectivity index (χ2v) is 6.01. The van der Waals surface area contributed by atoms with Crippen LogP contribution in [0.15, 0.2) is 19.6 Å². The Labute approximate surface area is 110 Å². The summed E-state index contributed by atoms with van der Waals surface area (Å²) in [4.78, 5) is 36.9. The molecule has 0 aliphatic carbocycles. The lowest BCUT2D eigenvalue weighted by atomic mass is 9.90. The van der Waals surface area contributed by atoms with Crippen molar-refractivity contribution in [3.8, 4) is 0 Å². The van der Waals surface area contributed by atoms with Gasteiger partial charge in [0, 0.05) is 0 Å². The average molecular weight is 264 g/mol. The smallest absolute Gasteiger partial charge is 0.290 e. The highest BCUT2D eigenvalue weighted by atomic mass is 16.2. The minimum Gasteiger partial charge on any atom is -0.290 e. The standard InChI is InChI=1S/C13H20N4O2/c1-7(2)5-13(6-8(3)4)16-9-10(17-13)14-12(19)15-11(9)18/h7-8H,5-6H2,1-4H3,(H2,14,15,17,18,19). The molecule has 1 aromatic heterocycles. The van der Waals surface area contributed by atoms with E-state index in [1.807, 2.05) is 0 Å². The third kappa shape index (κ3) is 2.83. The number of hydrogen-bond acceptors (Lipinski definition) is 4. The maximum atomic E-state index is 11.8. The number of H-pyrrole nitrogens is 2. The highest BCUT2D eigenvalue weighted by Gasteiger charge is 2.33. The normalized spacial score (nSPS) is 16.3. The summed E-state index contributed by atoms with van der Waals surface area (Å²) in [6.45, 7) is 8.40. The molecular formula is C13H20N4O2. The van der Waals surface area contributed by atoms with Gasteiger partial charge in [-0.25, -0.2) is 14.8 Å². The molecule has 104 valence electrons. The first kappa shape index (κ1) is 13.7. The van der Waals surface area contributed by atoms with Crippen molar-refractivity contribution in [3.63, 3.8) is 0 Å². The zero-order chi connectivity index (χ0) is 14.2. The molecule has 6 nitrogen and oxygen atoms in total. The summed E-state index contributed by atoms with van der Waals surface area (Å²) in [5.74, 6) is 0.817. The molecule has 0 aromatic carbocycles. The Morgan fingerprint density at radius 3 is 2.11 bits per heavy atom. The zero-order valence-corrected chi connectivity index (χ0v) is 11.8. The molecule has 2 heterocycles. The van der Waals surface area contributed by atoms with E-state index in [2.05, 4.69) is 47.6 Å². The van der Waals surface area contributed by atoms with Crippen molar-refractivity contribution in [3.05, 3.63) is 31.7 Å². The lowest BCUT2D eigenvalue weighted by Gasteiger charge is -2.26. The molecule has 0 saturated carbocycles. The third-order valence-electron chi connectivity index (χ3n) is 3.01. The van der Waals surface area contributed by atoms with Gasteiger partial charge in [0.05, 0.1) is 0 Å². The molecule has 0 fully saturated rings. The van der Waals surface area contributed by atoms with E-state index < -0.39 is 16.9 Å². The Kier molecular flexibility index (Phi) is 3.43. The Hall–Kier alpha value is -1.72. The van der Waals surface area contributed by atoms with Crippen LogP contribution in [0.1, 0.15) is 40.5 Å². The summed E-state index contributed by atoms with van der Waals surface area (Å²) in [6, 6.07) is 0. The molecule has 0 saturated heterocycles. The fraction of sp³-hybridized carbons (Fsp3) is 0.692. The summed E-state index contributed by atoms with van der Waals surface area (Å²) in [5, 5.41) is 0.251. The summed E-state index contributed by atoms with van der Waals surface area (Å²) in [6.07, 6.45) is 1.53. The highest BCUT2D eigenvalue weighted by molar-refractivity contribution is 4.99. The van der Waals surface area contributed by atoms with Gasteiger partial charge < -0.3 is 0 Å². The van der Waals surface area contributed by atoms with Crippen LogP contribution in [0, 0.1) is 11.8 Å². The van der Waals surface area contributed by atoms with Crippen molar-refractivity contribution in [1.82, 2.24) is 9.97 Å². The Morgan fingerprint density at radius 2 is 1.58 bits per heavy atom. The van der Waals surface area contributed by atoms with Gasteiger partial charge in [-0.2, -0.15) is 0 Å². The summed E-state index contributed by atoms with van der Waals surface area (Å²) < 4.78 is 0. The van der Waals surface area contributed by atoms with E-state index in [1.54, 1.807) is 0 Å². The van der Waals surface area contributed by atoms with Crippen LogP contribution >= 0.6 is 0 Å². The Balaban J connectivity index is 2.61. The Morgan fingerprint density at radius 1 is 1.00 bits per heavy atom. The minimum absolute atomic E-state index is 0.251. The molecule has 0 radical (unpaired) electrons. The van der Waals surface area contributed by atoms with Gasteiger partial charge in [-0.3, -0.25) is 14.8 Å². The molecule has 0 unspecified atom stereocenters. The molecule has 0 spiro atoms. The number of aromatic amines is 2. The molecule has 2 rings (SSSR count). The van der Waals surface area contributed by atoms with Gasteiger partial charge in [-0.05, 0) is 24.7 Å². The molecule has 1 aromatic rings. The van der Waals surface area contributed by atoms with Crippen molar-refractivity contribution in [2.24, 2.45) is 21.8 Å². The lowest BCUT2D eigenvalue weighted by molar-refractivity contribution is 0.295. The van der Waals surface area contributed by atoms with Crippen molar-refractivity contribution < 1.29 is 0 Å². The fourth-order valence-electron chi connectivity index (χ4n) is 2.67. The maximum absolute atomic E-state index is 11.8. The predicted molar refractivity (Wildman–Crippen MR) is 71.6 cm³/mol. The number of rotatable bonds is 4. The van der Waals surface area contributed by atoms with E-state index >= 15 is 0 Å². The second kappa shape index (κ2) is 4.75. The molecule has 0 atom stereocenters. The second-order valence-electron chi connectivity index (χ2n) is 6.01. The number of nitrogens with zero attached hydrogens (tertiary/aromatic N) is 2. The molecule has 2 N–H and O–H groups in total. The van der Waals surface area contributed by atoms with Crippen LogP contribution in [-0.2, 0) is 0 Å². The van der Waals surface area contributed by atoms with Gasteiger partial charge in [0.25, 0.3) is 5.56 Å². The first-order valence-electron chi connectivity index (χ1n) is 6.64.